The highest BCUT2D eigenvalue weighted by Gasteiger charge is 2.23. The summed E-state index contributed by atoms with van der Waals surface area (Å²) in [6.07, 6.45) is 2.01. The molecule has 0 bridgehead atoms. The van der Waals surface area contributed by atoms with Crippen LogP contribution >= 0.6 is 23.1 Å². The normalized spacial score (nSPS) is 21.6. The van der Waals surface area contributed by atoms with Crippen molar-refractivity contribution < 1.29 is 8.42 Å². The molecule has 0 radical (unpaired) electrons. The van der Waals surface area contributed by atoms with Gasteiger partial charge in [-0.05, 0) is 35.6 Å². The standard InChI is InChI=1S/C10H16N2O2S3/c11-5-8-4-10(16-6-8)17(13,14)12-9-2-1-3-15-7-9/h4,6,9,12H,1-3,5,7,11H2. The SMILES string of the molecule is NCc1csc(S(=O)(=O)NC2CCCSC2)c1. The molecule has 1 fully saturated rings. The molecule has 1 aliphatic rings. The van der Waals surface area contributed by atoms with Crippen LogP contribution in [0.3, 0.4) is 0 Å². The lowest BCUT2D eigenvalue weighted by molar-refractivity contribution is 0.544. The van der Waals surface area contributed by atoms with Crippen molar-refractivity contribution in [3.8, 4) is 0 Å². The molecule has 1 saturated heterocycles. The Morgan fingerprint density at radius 2 is 2.35 bits per heavy atom. The smallest absolute Gasteiger partial charge is 0.250 e. The number of thioether (sulfide) groups is 1. The van der Waals surface area contributed by atoms with Crippen LogP contribution in [0, 0.1) is 0 Å². The van der Waals surface area contributed by atoms with E-state index in [1.807, 2.05) is 0 Å². The Morgan fingerprint density at radius 3 is 2.94 bits per heavy atom. The maximum absolute atomic E-state index is 12.1. The second-order valence-electron chi connectivity index (χ2n) is 4.01. The lowest BCUT2D eigenvalue weighted by Gasteiger charge is -2.21. The van der Waals surface area contributed by atoms with Crippen molar-refractivity contribution in [2.45, 2.75) is 29.6 Å². The maximum atomic E-state index is 12.1. The predicted octanol–water partition coefficient (Wildman–Crippen LogP) is 1.38. The van der Waals surface area contributed by atoms with Crippen LogP contribution in [0.25, 0.3) is 0 Å². The zero-order chi connectivity index (χ0) is 12.3. The second-order valence-corrected chi connectivity index (χ2v) is 8.02. The van der Waals surface area contributed by atoms with E-state index in [1.165, 1.54) is 11.3 Å². The minimum Gasteiger partial charge on any atom is -0.326 e. The quantitative estimate of drug-likeness (QED) is 0.879. The average molecular weight is 292 g/mol. The summed E-state index contributed by atoms with van der Waals surface area (Å²) in [5.41, 5.74) is 6.35. The lowest BCUT2D eigenvalue weighted by Crippen LogP contribution is -2.37. The minimum atomic E-state index is -3.35. The van der Waals surface area contributed by atoms with Crippen molar-refractivity contribution >= 4 is 33.1 Å². The first-order chi connectivity index (χ1) is 8.12. The van der Waals surface area contributed by atoms with Gasteiger partial charge in [-0.15, -0.1) is 11.3 Å². The molecule has 2 rings (SSSR count). The van der Waals surface area contributed by atoms with Crippen molar-refractivity contribution in [2.24, 2.45) is 5.73 Å². The fraction of sp³-hybridized carbons (Fsp3) is 0.600. The van der Waals surface area contributed by atoms with Gasteiger partial charge >= 0.3 is 0 Å². The second kappa shape index (κ2) is 5.71. The summed E-state index contributed by atoms with van der Waals surface area (Å²) in [4.78, 5) is 0. The number of hydrogen-bond donors (Lipinski definition) is 2. The van der Waals surface area contributed by atoms with E-state index in [1.54, 1.807) is 23.2 Å². The van der Waals surface area contributed by atoms with Crippen LogP contribution in [0.5, 0.6) is 0 Å². The molecule has 0 aliphatic carbocycles. The molecule has 3 N–H and O–H groups in total. The molecule has 0 saturated carbocycles. The van der Waals surface area contributed by atoms with Crippen LogP contribution in [0.4, 0.5) is 0 Å². The van der Waals surface area contributed by atoms with E-state index in [0.29, 0.717) is 10.8 Å². The summed E-state index contributed by atoms with van der Waals surface area (Å²) in [7, 11) is -3.35. The Kier molecular flexibility index (Phi) is 4.48. The summed E-state index contributed by atoms with van der Waals surface area (Å²) < 4.78 is 27.3. The summed E-state index contributed by atoms with van der Waals surface area (Å²) in [6, 6.07) is 1.73. The van der Waals surface area contributed by atoms with Gasteiger partial charge < -0.3 is 5.73 Å². The lowest BCUT2D eigenvalue weighted by atomic mass is 10.2. The zero-order valence-corrected chi connectivity index (χ0v) is 11.8. The van der Waals surface area contributed by atoms with Gasteiger partial charge in [0.25, 0.3) is 0 Å². The highest BCUT2D eigenvalue weighted by molar-refractivity contribution is 7.99. The van der Waals surface area contributed by atoms with Crippen molar-refractivity contribution in [1.82, 2.24) is 4.72 Å². The van der Waals surface area contributed by atoms with Crippen LogP contribution in [0.1, 0.15) is 18.4 Å². The van der Waals surface area contributed by atoms with Gasteiger partial charge in [-0.3, -0.25) is 0 Å². The van der Waals surface area contributed by atoms with Gasteiger partial charge in [-0.25, -0.2) is 13.1 Å². The van der Waals surface area contributed by atoms with E-state index in [9.17, 15) is 8.42 Å². The van der Waals surface area contributed by atoms with Crippen LogP contribution < -0.4 is 10.5 Å². The van der Waals surface area contributed by atoms with E-state index < -0.39 is 10.0 Å². The summed E-state index contributed by atoms with van der Waals surface area (Å²) >= 11 is 3.04. The summed E-state index contributed by atoms with van der Waals surface area (Å²) in [5.74, 6) is 2.00. The molecule has 2 heterocycles. The van der Waals surface area contributed by atoms with Crippen LogP contribution in [0.2, 0.25) is 0 Å². The Balaban J connectivity index is 2.07. The topological polar surface area (TPSA) is 72.2 Å². The van der Waals surface area contributed by atoms with Gasteiger partial charge in [0.15, 0.2) is 0 Å². The highest BCUT2D eigenvalue weighted by atomic mass is 32.2. The van der Waals surface area contributed by atoms with Gasteiger partial charge in [0, 0.05) is 18.3 Å². The monoisotopic (exact) mass is 292 g/mol. The Bertz CT molecular complexity index is 464. The van der Waals surface area contributed by atoms with E-state index in [0.717, 1.165) is 29.9 Å². The molecule has 1 aromatic heterocycles. The molecular weight excluding hydrogens is 276 g/mol. The fourth-order valence-electron chi connectivity index (χ4n) is 1.71. The average Bonchev–Trinajstić information content (AvgIpc) is 2.79. The van der Waals surface area contributed by atoms with Gasteiger partial charge in [0.2, 0.25) is 10.0 Å². The van der Waals surface area contributed by atoms with Crippen LogP contribution in [-0.2, 0) is 16.6 Å². The van der Waals surface area contributed by atoms with E-state index in [2.05, 4.69) is 4.72 Å². The Morgan fingerprint density at radius 1 is 1.53 bits per heavy atom. The number of nitrogens with one attached hydrogen (secondary N) is 1. The van der Waals surface area contributed by atoms with Gasteiger partial charge in [0.1, 0.15) is 4.21 Å². The molecule has 1 atom stereocenters. The number of nitrogens with two attached hydrogens (primary N) is 1. The predicted molar refractivity (Wildman–Crippen MR) is 72.9 cm³/mol. The molecular formula is C10H16N2O2S3. The molecule has 0 amide bonds. The molecule has 1 aliphatic heterocycles. The van der Waals surface area contributed by atoms with Gasteiger partial charge in [0.05, 0.1) is 0 Å². The van der Waals surface area contributed by atoms with Gasteiger partial charge in [-0.1, -0.05) is 0 Å². The third-order valence-corrected chi connectivity index (χ3v) is 6.84. The first-order valence-electron chi connectivity index (χ1n) is 5.49. The van der Waals surface area contributed by atoms with Crippen LogP contribution in [0.15, 0.2) is 15.7 Å². The highest BCUT2D eigenvalue weighted by Crippen LogP contribution is 2.23. The van der Waals surface area contributed by atoms with Gasteiger partial charge in [-0.2, -0.15) is 11.8 Å². The number of sulfonamides is 1. The third-order valence-electron chi connectivity index (χ3n) is 2.61. The molecule has 4 nitrogen and oxygen atoms in total. The molecule has 17 heavy (non-hydrogen) atoms. The molecule has 0 spiro atoms. The fourth-order valence-corrected chi connectivity index (χ4v) is 5.40. The zero-order valence-electron chi connectivity index (χ0n) is 9.39. The molecule has 1 aromatic rings. The third kappa shape index (κ3) is 3.45. The van der Waals surface area contributed by atoms with Crippen molar-refractivity contribution in [3.63, 3.8) is 0 Å². The molecule has 1 unspecified atom stereocenters. The molecule has 96 valence electrons. The van der Waals surface area contributed by atoms with E-state index in [4.69, 9.17) is 5.73 Å². The number of rotatable bonds is 4. The van der Waals surface area contributed by atoms with Crippen LogP contribution in [-0.4, -0.2) is 26.0 Å². The Labute approximate surface area is 110 Å². The van der Waals surface area contributed by atoms with E-state index in [-0.39, 0.29) is 6.04 Å². The first-order valence-corrected chi connectivity index (χ1v) is 9.01. The van der Waals surface area contributed by atoms with Crippen molar-refractivity contribution in [1.29, 1.82) is 0 Å². The van der Waals surface area contributed by atoms with E-state index >= 15 is 0 Å². The number of hydrogen-bond acceptors (Lipinski definition) is 5. The minimum absolute atomic E-state index is 0.0715. The first kappa shape index (κ1) is 13.4. The maximum Gasteiger partial charge on any atom is 0.250 e. The van der Waals surface area contributed by atoms with Crippen molar-refractivity contribution in [3.05, 3.63) is 17.0 Å². The number of thiophene rings is 1. The molecule has 7 heteroatoms. The largest absolute Gasteiger partial charge is 0.326 e. The Hall–Kier alpha value is -0.0800. The molecule has 0 aromatic carbocycles. The summed E-state index contributed by atoms with van der Waals surface area (Å²) in [6.45, 7) is 0.380. The summed E-state index contributed by atoms with van der Waals surface area (Å²) in [5, 5.41) is 1.80. The van der Waals surface area contributed by atoms with Crippen molar-refractivity contribution in [2.75, 3.05) is 11.5 Å².